The number of nitrogens with one attached hydrogen (secondary N) is 1. The molecule has 1 rings (SSSR count). The first-order valence-electron chi connectivity index (χ1n) is 5.98. The maximum atomic E-state index is 12.0. The molecule has 114 valence electrons. The van der Waals surface area contributed by atoms with E-state index >= 15 is 0 Å². The van der Waals surface area contributed by atoms with Crippen LogP contribution in [0.1, 0.15) is 6.92 Å². The lowest BCUT2D eigenvalue weighted by atomic mass is 10.4. The van der Waals surface area contributed by atoms with Crippen molar-refractivity contribution < 1.29 is 16.8 Å². The van der Waals surface area contributed by atoms with Crippen LogP contribution in [0.4, 0.5) is 0 Å². The van der Waals surface area contributed by atoms with Crippen LogP contribution in [0.3, 0.4) is 0 Å². The molecule has 0 unspecified atom stereocenters. The van der Waals surface area contributed by atoms with E-state index in [9.17, 15) is 16.8 Å². The van der Waals surface area contributed by atoms with Crippen LogP contribution in [-0.2, 0) is 20.0 Å². The standard InChI is InChI=1S/C11H19N3O4S2/c1-3-14(2)9-8-13-20(17,18)11-6-4-10(5-7-11)19(12,15)16/h4-7,13H,3,8-9H2,1-2H3,(H2,12,15,16). The fourth-order valence-corrected chi connectivity index (χ4v) is 2.96. The van der Waals surface area contributed by atoms with Crippen molar-refractivity contribution in [1.82, 2.24) is 9.62 Å². The molecule has 0 aromatic heterocycles. The lowest BCUT2D eigenvalue weighted by molar-refractivity contribution is 0.358. The van der Waals surface area contributed by atoms with Gasteiger partial charge in [0.05, 0.1) is 9.79 Å². The highest BCUT2D eigenvalue weighted by molar-refractivity contribution is 7.89. The third-order valence-corrected chi connectivity index (χ3v) is 5.19. The Kier molecular flexibility index (Phi) is 5.66. The third kappa shape index (κ3) is 4.84. The number of hydrogen-bond acceptors (Lipinski definition) is 5. The summed E-state index contributed by atoms with van der Waals surface area (Å²) >= 11 is 0. The average molecular weight is 321 g/mol. The van der Waals surface area contributed by atoms with Crippen LogP contribution in [0.25, 0.3) is 0 Å². The summed E-state index contributed by atoms with van der Waals surface area (Å²) in [6.45, 7) is 3.67. The van der Waals surface area contributed by atoms with Gasteiger partial charge in [-0.3, -0.25) is 0 Å². The minimum absolute atomic E-state index is 0.00375. The molecule has 0 saturated carbocycles. The molecule has 1 aromatic rings. The van der Waals surface area contributed by atoms with Crippen LogP contribution in [0.5, 0.6) is 0 Å². The lowest BCUT2D eigenvalue weighted by Crippen LogP contribution is -2.32. The predicted molar refractivity (Wildman–Crippen MR) is 76.2 cm³/mol. The molecule has 3 N–H and O–H groups in total. The van der Waals surface area contributed by atoms with Gasteiger partial charge in [0.25, 0.3) is 0 Å². The highest BCUT2D eigenvalue weighted by atomic mass is 32.2. The molecular weight excluding hydrogens is 302 g/mol. The minimum Gasteiger partial charge on any atom is -0.305 e. The van der Waals surface area contributed by atoms with Crippen molar-refractivity contribution in [2.24, 2.45) is 5.14 Å². The molecule has 0 heterocycles. The van der Waals surface area contributed by atoms with Gasteiger partial charge in [-0.05, 0) is 37.9 Å². The van der Waals surface area contributed by atoms with E-state index in [0.717, 1.165) is 6.54 Å². The number of primary sulfonamides is 1. The Morgan fingerprint density at radius 3 is 2.05 bits per heavy atom. The molecule has 0 atom stereocenters. The molecule has 0 fully saturated rings. The topological polar surface area (TPSA) is 110 Å². The second kappa shape index (κ2) is 6.64. The van der Waals surface area contributed by atoms with Crippen molar-refractivity contribution in [2.45, 2.75) is 16.7 Å². The van der Waals surface area contributed by atoms with Crippen LogP contribution in [0.15, 0.2) is 34.1 Å². The van der Waals surface area contributed by atoms with Crippen LogP contribution >= 0.6 is 0 Å². The Labute approximate surface area is 119 Å². The van der Waals surface area contributed by atoms with Crippen LogP contribution in [-0.4, -0.2) is 48.4 Å². The van der Waals surface area contributed by atoms with Crippen molar-refractivity contribution in [3.8, 4) is 0 Å². The van der Waals surface area contributed by atoms with Gasteiger partial charge in [-0.1, -0.05) is 6.92 Å². The van der Waals surface area contributed by atoms with Crippen molar-refractivity contribution in [3.05, 3.63) is 24.3 Å². The molecule has 0 aliphatic heterocycles. The van der Waals surface area contributed by atoms with Gasteiger partial charge < -0.3 is 4.90 Å². The zero-order valence-corrected chi connectivity index (χ0v) is 13.0. The fraction of sp³-hybridized carbons (Fsp3) is 0.455. The summed E-state index contributed by atoms with van der Waals surface area (Å²) in [5.74, 6) is 0. The average Bonchev–Trinajstić information content (AvgIpc) is 2.37. The molecular formula is C11H19N3O4S2. The van der Waals surface area contributed by atoms with Gasteiger partial charge in [-0.25, -0.2) is 26.7 Å². The number of likely N-dealkylation sites (N-methyl/N-ethyl adjacent to an activating group) is 1. The fourth-order valence-electron chi connectivity index (χ4n) is 1.42. The van der Waals surface area contributed by atoms with E-state index in [1.165, 1.54) is 24.3 Å². The zero-order chi connectivity index (χ0) is 15.4. The molecule has 0 aliphatic carbocycles. The van der Waals surface area contributed by atoms with Crippen LogP contribution in [0, 0.1) is 0 Å². The van der Waals surface area contributed by atoms with Crippen molar-refractivity contribution >= 4 is 20.0 Å². The number of benzene rings is 1. The van der Waals surface area contributed by atoms with Gasteiger partial charge in [0.1, 0.15) is 0 Å². The first kappa shape index (κ1) is 17.1. The second-order valence-electron chi connectivity index (χ2n) is 4.31. The van der Waals surface area contributed by atoms with E-state index in [2.05, 4.69) is 4.72 Å². The Morgan fingerprint density at radius 1 is 1.10 bits per heavy atom. The normalized spacial score (nSPS) is 12.8. The molecule has 0 amide bonds. The van der Waals surface area contributed by atoms with Crippen LogP contribution < -0.4 is 9.86 Å². The summed E-state index contributed by atoms with van der Waals surface area (Å²) in [4.78, 5) is 1.85. The SMILES string of the molecule is CCN(C)CCNS(=O)(=O)c1ccc(S(N)(=O)=O)cc1. The van der Waals surface area contributed by atoms with Crippen molar-refractivity contribution in [2.75, 3.05) is 26.7 Å². The van der Waals surface area contributed by atoms with Gasteiger partial charge in [0.2, 0.25) is 20.0 Å². The summed E-state index contributed by atoms with van der Waals surface area (Å²) in [5, 5.41) is 4.95. The Balaban J connectivity index is 2.78. The number of nitrogens with zero attached hydrogens (tertiary/aromatic N) is 1. The largest absolute Gasteiger partial charge is 0.305 e. The van der Waals surface area contributed by atoms with E-state index in [1.807, 2.05) is 18.9 Å². The van der Waals surface area contributed by atoms with Gasteiger partial charge in [-0.15, -0.1) is 0 Å². The molecule has 0 saturated heterocycles. The predicted octanol–water partition coefficient (Wildman–Crippen LogP) is -0.436. The molecule has 1 aromatic carbocycles. The summed E-state index contributed by atoms with van der Waals surface area (Å²) in [6, 6.07) is 4.77. The number of hydrogen-bond donors (Lipinski definition) is 2. The molecule has 7 nitrogen and oxygen atoms in total. The first-order chi connectivity index (χ1) is 9.16. The maximum Gasteiger partial charge on any atom is 0.240 e. The summed E-state index contributed by atoms with van der Waals surface area (Å²) in [6.07, 6.45) is 0. The summed E-state index contributed by atoms with van der Waals surface area (Å²) in [7, 11) is -5.57. The van der Waals surface area contributed by atoms with E-state index < -0.39 is 20.0 Å². The number of rotatable bonds is 7. The Hall–Kier alpha value is -1.00. The second-order valence-corrected chi connectivity index (χ2v) is 7.64. The van der Waals surface area contributed by atoms with E-state index in [4.69, 9.17) is 5.14 Å². The highest BCUT2D eigenvalue weighted by Gasteiger charge is 2.15. The monoisotopic (exact) mass is 321 g/mol. The van der Waals surface area contributed by atoms with Crippen LogP contribution in [0.2, 0.25) is 0 Å². The van der Waals surface area contributed by atoms with Gasteiger partial charge in [0, 0.05) is 13.1 Å². The molecule has 9 heteroatoms. The number of sulfonamides is 2. The highest BCUT2D eigenvalue weighted by Crippen LogP contribution is 2.12. The first-order valence-corrected chi connectivity index (χ1v) is 9.01. The molecule has 20 heavy (non-hydrogen) atoms. The van der Waals surface area contributed by atoms with E-state index in [1.54, 1.807) is 0 Å². The Morgan fingerprint density at radius 2 is 1.60 bits per heavy atom. The van der Waals surface area contributed by atoms with E-state index in [0.29, 0.717) is 6.54 Å². The smallest absolute Gasteiger partial charge is 0.240 e. The van der Waals surface area contributed by atoms with E-state index in [-0.39, 0.29) is 16.3 Å². The molecule has 0 radical (unpaired) electrons. The maximum absolute atomic E-state index is 12.0. The quantitative estimate of drug-likeness (QED) is 0.708. The lowest BCUT2D eigenvalue weighted by Gasteiger charge is -2.14. The number of nitrogens with two attached hydrogens (primary N) is 1. The molecule has 0 bridgehead atoms. The van der Waals surface area contributed by atoms with Gasteiger partial charge in [0.15, 0.2) is 0 Å². The molecule has 0 aliphatic rings. The third-order valence-electron chi connectivity index (χ3n) is 2.79. The molecule has 0 spiro atoms. The minimum atomic E-state index is -3.82. The summed E-state index contributed by atoms with van der Waals surface area (Å²) in [5.41, 5.74) is 0. The Bertz CT molecular complexity index is 639. The summed E-state index contributed by atoms with van der Waals surface area (Å²) < 4.78 is 48.5. The van der Waals surface area contributed by atoms with Gasteiger partial charge in [-0.2, -0.15) is 0 Å². The van der Waals surface area contributed by atoms with Crippen molar-refractivity contribution in [1.29, 1.82) is 0 Å². The van der Waals surface area contributed by atoms with Crippen molar-refractivity contribution in [3.63, 3.8) is 0 Å². The zero-order valence-electron chi connectivity index (χ0n) is 11.4. The van der Waals surface area contributed by atoms with Gasteiger partial charge >= 0.3 is 0 Å².